The number of aromatic nitrogens is 1. The molecule has 0 radical (unpaired) electrons. The van der Waals surface area contributed by atoms with Crippen LogP contribution in [0.1, 0.15) is 76.2 Å². The number of nitrogens with one attached hydrogen (secondary N) is 3. The summed E-state index contributed by atoms with van der Waals surface area (Å²) in [7, 11) is 1.59. The van der Waals surface area contributed by atoms with Crippen molar-refractivity contribution in [2.75, 3.05) is 26.9 Å². The van der Waals surface area contributed by atoms with Crippen molar-refractivity contribution in [1.82, 2.24) is 20.5 Å². The zero-order chi connectivity index (χ0) is 30.0. The second kappa shape index (κ2) is 12.5. The third-order valence-corrected chi connectivity index (χ3v) is 9.20. The molecule has 5 rings (SSSR count). The van der Waals surface area contributed by atoms with Crippen LogP contribution < -0.4 is 15.4 Å². The van der Waals surface area contributed by atoms with E-state index in [0.717, 1.165) is 43.0 Å². The standard InChI is InChI=1S/C32H44N4O6/c1-5-6-13-42-18-26(37)24(14-20-16-32(2,3)35-29(20)38)34-30(39)28-21-10-7-9-19(21)17-36(28)31(40)25-15-22-23(33-25)11-8-12-27(22)41-4/h8,11-12,15,19-21,24,28,33H,5-7,9-10,13-14,16-18H2,1-4H3,(H,34,39)(H,35,38)/t19-,20+,21-,24-,28-/m0/s1. The summed E-state index contributed by atoms with van der Waals surface area (Å²) >= 11 is 0. The van der Waals surface area contributed by atoms with Gasteiger partial charge in [0, 0.05) is 35.5 Å². The van der Waals surface area contributed by atoms with Crippen LogP contribution in [0.3, 0.4) is 0 Å². The van der Waals surface area contributed by atoms with E-state index in [9.17, 15) is 19.2 Å². The SMILES string of the molecule is CCCCOCC(=O)[C@H](C[C@@H]1CC(C)(C)NC1=O)NC(=O)[C@@H]1[C@H]2CCC[C@H]2CN1C(=O)c1cc2c(OC)cccc2[nH]1. The Morgan fingerprint density at radius 3 is 2.74 bits per heavy atom. The highest BCUT2D eigenvalue weighted by atomic mass is 16.5. The third kappa shape index (κ3) is 6.19. The molecule has 10 nitrogen and oxygen atoms in total. The number of aromatic amines is 1. The molecule has 2 saturated heterocycles. The summed E-state index contributed by atoms with van der Waals surface area (Å²) in [5.74, 6) is -0.416. The van der Waals surface area contributed by atoms with Crippen LogP contribution in [-0.4, -0.2) is 77.9 Å². The molecule has 5 atom stereocenters. The highest BCUT2D eigenvalue weighted by Crippen LogP contribution is 2.43. The number of rotatable bonds is 12. The van der Waals surface area contributed by atoms with Gasteiger partial charge in [-0.3, -0.25) is 19.2 Å². The monoisotopic (exact) mass is 580 g/mol. The summed E-state index contributed by atoms with van der Waals surface area (Å²) in [6.45, 7) is 6.78. The van der Waals surface area contributed by atoms with Crippen molar-refractivity contribution in [3.8, 4) is 5.75 Å². The molecule has 0 unspecified atom stereocenters. The van der Waals surface area contributed by atoms with Crippen molar-refractivity contribution in [2.45, 2.75) is 83.3 Å². The largest absolute Gasteiger partial charge is 0.496 e. The molecule has 1 aromatic carbocycles. The maximum absolute atomic E-state index is 14.1. The molecule has 3 heterocycles. The van der Waals surface area contributed by atoms with Crippen LogP contribution in [-0.2, 0) is 19.1 Å². The number of carbonyl (C=O) groups excluding carboxylic acids is 4. The minimum Gasteiger partial charge on any atom is -0.496 e. The van der Waals surface area contributed by atoms with Crippen molar-refractivity contribution in [1.29, 1.82) is 0 Å². The molecule has 3 aliphatic rings. The predicted octanol–water partition coefficient (Wildman–Crippen LogP) is 3.59. The quantitative estimate of drug-likeness (QED) is 0.329. The third-order valence-electron chi connectivity index (χ3n) is 9.20. The number of H-pyrrole nitrogens is 1. The van der Waals surface area contributed by atoms with E-state index in [-0.39, 0.29) is 53.9 Å². The van der Waals surface area contributed by atoms with Crippen molar-refractivity contribution >= 4 is 34.4 Å². The molecule has 1 saturated carbocycles. The van der Waals surface area contributed by atoms with Crippen molar-refractivity contribution < 1.29 is 28.7 Å². The van der Waals surface area contributed by atoms with Crippen LogP contribution >= 0.6 is 0 Å². The van der Waals surface area contributed by atoms with Gasteiger partial charge in [0.25, 0.3) is 5.91 Å². The van der Waals surface area contributed by atoms with E-state index in [4.69, 9.17) is 9.47 Å². The van der Waals surface area contributed by atoms with E-state index in [1.807, 2.05) is 39.0 Å². The molecule has 228 valence electrons. The normalized spacial score (nSPS) is 25.3. The molecule has 3 amide bonds. The number of benzene rings is 1. The maximum Gasteiger partial charge on any atom is 0.271 e. The van der Waals surface area contributed by atoms with Crippen LogP contribution in [0.2, 0.25) is 0 Å². The molecular weight excluding hydrogens is 536 g/mol. The first-order chi connectivity index (χ1) is 20.1. The van der Waals surface area contributed by atoms with Gasteiger partial charge in [0.1, 0.15) is 24.1 Å². The lowest BCUT2D eigenvalue weighted by Crippen LogP contribution is -2.53. The summed E-state index contributed by atoms with van der Waals surface area (Å²) < 4.78 is 11.1. The number of likely N-dealkylation sites (tertiary alicyclic amines) is 1. The van der Waals surface area contributed by atoms with Crippen molar-refractivity contribution in [2.24, 2.45) is 17.8 Å². The number of Topliss-reactive ketones (excluding diaryl/α,β-unsaturated/α-hetero) is 1. The minimum absolute atomic E-state index is 0.0260. The van der Waals surface area contributed by atoms with Gasteiger partial charge < -0.3 is 30.0 Å². The van der Waals surface area contributed by atoms with E-state index in [1.165, 1.54) is 0 Å². The second-order valence-corrected chi connectivity index (χ2v) is 12.8. The molecular formula is C32H44N4O6. The Morgan fingerprint density at radius 1 is 1.21 bits per heavy atom. The van der Waals surface area contributed by atoms with Gasteiger partial charge in [-0.25, -0.2) is 0 Å². The van der Waals surface area contributed by atoms with E-state index >= 15 is 0 Å². The molecule has 2 aromatic rings. The zero-order valence-electron chi connectivity index (χ0n) is 25.2. The van der Waals surface area contributed by atoms with Gasteiger partial charge in [-0.2, -0.15) is 0 Å². The maximum atomic E-state index is 14.1. The number of ether oxygens (including phenoxy) is 2. The Labute approximate surface area is 247 Å². The van der Waals surface area contributed by atoms with Gasteiger partial charge in [0.05, 0.1) is 13.2 Å². The van der Waals surface area contributed by atoms with Crippen LogP contribution in [0, 0.1) is 17.8 Å². The average molecular weight is 581 g/mol. The number of ketones is 1. The van der Waals surface area contributed by atoms with E-state index in [1.54, 1.807) is 18.1 Å². The Kier molecular flexibility index (Phi) is 8.92. The first-order valence-corrected chi connectivity index (χ1v) is 15.3. The number of hydrogen-bond donors (Lipinski definition) is 3. The molecule has 10 heteroatoms. The molecule has 3 fully saturated rings. The lowest BCUT2D eigenvalue weighted by molar-refractivity contribution is -0.134. The predicted molar refractivity (Wildman–Crippen MR) is 158 cm³/mol. The second-order valence-electron chi connectivity index (χ2n) is 12.8. The fourth-order valence-corrected chi connectivity index (χ4v) is 7.14. The number of fused-ring (bicyclic) bond motifs is 2. The molecule has 42 heavy (non-hydrogen) atoms. The fraction of sp³-hybridized carbons (Fsp3) is 0.625. The summed E-state index contributed by atoms with van der Waals surface area (Å²) in [6.07, 6.45) is 5.39. The number of methoxy groups -OCH3 is 1. The van der Waals surface area contributed by atoms with Gasteiger partial charge in [-0.15, -0.1) is 0 Å². The number of unbranched alkanes of at least 4 members (excludes halogenated alkanes) is 1. The van der Waals surface area contributed by atoms with Crippen LogP contribution in [0.4, 0.5) is 0 Å². The van der Waals surface area contributed by atoms with E-state index in [2.05, 4.69) is 15.6 Å². The first-order valence-electron chi connectivity index (χ1n) is 15.3. The van der Waals surface area contributed by atoms with E-state index < -0.39 is 18.0 Å². The molecule has 0 bridgehead atoms. The number of hydrogen-bond acceptors (Lipinski definition) is 6. The van der Waals surface area contributed by atoms with Gasteiger partial charge in [-0.05, 0) is 76.0 Å². The first kappa shape index (κ1) is 30.1. The summed E-state index contributed by atoms with van der Waals surface area (Å²) in [4.78, 5) is 58.9. The summed E-state index contributed by atoms with van der Waals surface area (Å²) in [5, 5.41) is 6.78. The van der Waals surface area contributed by atoms with Crippen LogP contribution in [0.15, 0.2) is 24.3 Å². The van der Waals surface area contributed by atoms with Crippen molar-refractivity contribution in [3.05, 3.63) is 30.0 Å². The number of amides is 3. The Hall–Kier alpha value is -3.40. The Bertz CT molecular complexity index is 1340. The number of nitrogens with zero attached hydrogens (tertiary/aromatic N) is 1. The molecule has 1 aliphatic carbocycles. The summed E-state index contributed by atoms with van der Waals surface area (Å²) in [5.41, 5.74) is 0.809. The smallest absolute Gasteiger partial charge is 0.271 e. The highest BCUT2D eigenvalue weighted by Gasteiger charge is 2.50. The zero-order valence-corrected chi connectivity index (χ0v) is 25.2. The van der Waals surface area contributed by atoms with Gasteiger partial charge in [0.2, 0.25) is 11.8 Å². The van der Waals surface area contributed by atoms with Gasteiger partial charge in [0.15, 0.2) is 5.78 Å². The molecule has 0 spiro atoms. The highest BCUT2D eigenvalue weighted by molar-refractivity contribution is 6.02. The summed E-state index contributed by atoms with van der Waals surface area (Å²) in [6, 6.07) is 5.80. The van der Waals surface area contributed by atoms with Crippen molar-refractivity contribution in [3.63, 3.8) is 0 Å². The van der Waals surface area contributed by atoms with Gasteiger partial charge >= 0.3 is 0 Å². The van der Waals surface area contributed by atoms with Crippen LogP contribution in [0.5, 0.6) is 5.75 Å². The Balaban J connectivity index is 1.37. The minimum atomic E-state index is -0.876. The molecule has 3 N–H and O–H groups in total. The lowest BCUT2D eigenvalue weighted by Gasteiger charge is -2.29. The molecule has 2 aliphatic heterocycles. The van der Waals surface area contributed by atoms with Crippen LogP contribution in [0.25, 0.3) is 10.9 Å². The lowest BCUT2D eigenvalue weighted by atomic mass is 9.89. The topological polar surface area (TPSA) is 130 Å². The molecule has 1 aromatic heterocycles. The number of carbonyl (C=O) groups is 4. The average Bonchev–Trinajstić information content (AvgIpc) is 3.71. The Morgan fingerprint density at radius 2 is 2.02 bits per heavy atom. The fourth-order valence-electron chi connectivity index (χ4n) is 7.14. The van der Waals surface area contributed by atoms with E-state index in [0.29, 0.717) is 31.0 Å². The van der Waals surface area contributed by atoms with Gasteiger partial charge in [-0.1, -0.05) is 25.8 Å².